The maximum absolute atomic E-state index is 12.3. The van der Waals surface area contributed by atoms with Crippen LogP contribution >= 0.6 is 0 Å². The van der Waals surface area contributed by atoms with Gasteiger partial charge in [-0.2, -0.15) is 4.68 Å². The summed E-state index contributed by atoms with van der Waals surface area (Å²) in [6.07, 6.45) is 4.86. The van der Waals surface area contributed by atoms with Crippen LogP contribution in [-0.2, 0) is 20.9 Å². The number of amides is 1. The smallest absolute Gasteiger partial charge is 0.437 e. The Kier molecular flexibility index (Phi) is 5.85. The second-order valence-corrected chi connectivity index (χ2v) is 6.08. The lowest BCUT2D eigenvalue weighted by Gasteiger charge is -2.21. The van der Waals surface area contributed by atoms with Crippen LogP contribution in [0.5, 0.6) is 0 Å². The lowest BCUT2D eigenvalue weighted by molar-refractivity contribution is -0.152. The van der Waals surface area contributed by atoms with Gasteiger partial charge in [0.25, 0.3) is 5.91 Å². The fourth-order valence-electron chi connectivity index (χ4n) is 2.93. The summed E-state index contributed by atoms with van der Waals surface area (Å²) in [5.74, 6) is -1.65. The number of rotatable bonds is 7. The normalized spacial score (nSPS) is 13.3. The van der Waals surface area contributed by atoms with E-state index in [1.807, 2.05) is 19.1 Å². The number of benzene rings is 1. The highest BCUT2D eigenvalue weighted by atomic mass is 16.5. The van der Waals surface area contributed by atoms with Gasteiger partial charge in [-0.15, -0.1) is 5.10 Å². The molecule has 0 aliphatic heterocycles. The zero-order valence-corrected chi connectivity index (χ0v) is 15.1. The van der Waals surface area contributed by atoms with Crippen molar-refractivity contribution in [2.24, 2.45) is 0 Å². The number of aromatic nitrogens is 2. The molecule has 1 heterocycles. The maximum Gasteiger partial charge on any atom is 0.437 e. The molecule has 0 radical (unpaired) electrons. The Balaban J connectivity index is 1.57. The Morgan fingerprint density at radius 3 is 2.74 bits per heavy atom. The first-order chi connectivity index (χ1) is 13.1. The van der Waals surface area contributed by atoms with Crippen molar-refractivity contribution in [1.82, 2.24) is 14.7 Å². The molecule has 1 amide bonds. The van der Waals surface area contributed by atoms with Crippen molar-refractivity contribution in [3.8, 4) is 11.5 Å². The van der Waals surface area contributed by atoms with Crippen LogP contribution in [0.2, 0.25) is 0 Å². The van der Waals surface area contributed by atoms with E-state index in [9.17, 15) is 14.4 Å². The van der Waals surface area contributed by atoms with Crippen molar-refractivity contribution in [3.63, 3.8) is 0 Å². The summed E-state index contributed by atoms with van der Waals surface area (Å²) in [6.45, 7) is 1.60. The van der Waals surface area contributed by atoms with E-state index >= 15 is 0 Å². The largest absolute Gasteiger partial charge is 0.454 e. The summed E-state index contributed by atoms with van der Waals surface area (Å²) in [6, 6.07) is 8.88. The molecule has 8 heteroatoms. The fourth-order valence-corrected chi connectivity index (χ4v) is 2.93. The minimum atomic E-state index is -0.761. The number of nitrogens with zero attached hydrogens (tertiary/aromatic N) is 3. The van der Waals surface area contributed by atoms with Crippen molar-refractivity contribution >= 4 is 11.9 Å². The highest BCUT2D eigenvalue weighted by Crippen LogP contribution is 2.21. The van der Waals surface area contributed by atoms with Crippen LogP contribution in [-0.4, -0.2) is 39.7 Å². The topological polar surface area (TPSA) is 94.6 Å². The molecule has 3 rings (SSSR count). The molecule has 2 aromatic rings. The summed E-state index contributed by atoms with van der Waals surface area (Å²) in [5, 5.41) is 3.99. The molecule has 0 N–H and O–H groups in total. The number of carbonyl (C=O) groups excluding carboxylic acids is 2. The summed E-state index contributed by atoms with van der Waals surface area (Å²) < 4.78 is 11.0. The SMILES string of the molecule is CCN(C(=O)COC(=O)Cn1nc(-c2ccccc2)oc1=O)C1=CCCC1. The molecule has 0 bridgehead atoms. The number of carbonyl (C=O) groups is 2. The third-order valence-electron chi connectivity index (χ3n) is 4.24. The molecule has 27 heavy (non-hydrogen) atoms. The number of likely N-dealkylation sites (N-methyl/N-ethyl adjacent to an activating group) is 1. The molecule has 1 aliphatic carbocycles. The summed E-state index contributed by atoms with van der Waals surface area (Å²) in [7, 11) is 0. The van der Waals surface area contributed by atoms with Gasteiger partial charge >= 0.3 is 11.7 Å². The minimum Gasteiger partial charge on any atom is -0.454 e. The second-order valence-electron chi connectivity index (χ2n) is 6.08. The average molecular weight is 371 g/mol. The number of hydrogen-bond donors (Lipinski definition) is 0. The molecule has 0 saturated heterocycles. The van der Waals surface area contributed by atoms with Crippen LogP contribution in [0.15, 0.2) is 51.3 Å². The van der Waals surface area contributed by atoms with Crippen molar-refractivity contribution in [2.75, 3.05) is 13.2 Å². The average Bonchev–Trinajstić information content (AvgIpc) is 3.32. The van der Waals surface area contributed by atoms with E-state index in [0.29, 0.717) is 12.1 Å². The summed E-state index contributed by atoms with van der Waals surface area (Å²) >= 11 is 0. The fraction of sp³-hybridized carbons (Fsp3) is 0.368. The second kappa shape index (κ2) is 8.48. The Morgan fingerprint density at radius 1 is 1.30 bits per heavy atom. The number of allylic oxidation sites excluding steroid dienone is 2. The van der Waals surface area contributed by atoms with Crippen LogP contribution in [0.1, 0.15) is 26.2 Å². The Hall–Kier alpha value is -3.16. The number of ether oxygens (including phenoxy) is 1. The van der Waals surface area contributed by atoms with Crippen molar-refractivity contribution in [1.29, 1.82) is 0 Å². The van der Waals surface area contributed by atoms with E-state index in [1.165, 1.54) is 0 Å². The van der Waals surface area contributed by atoms with Gasteiger partial charge < -0.3 is 14.1 Å². The number of esters is 1. The van der Waals surface area contributed by atoms with Gasteiger partial charge in [0, 0.05) is 17.8 Å². The molecule has 142 valence electrons. The van der Waals surface area contributed by atoms with E-state index in [1.54, 1.807) is 29.2 Å². The van der Waals surface area contributed by atoms with Crippen LogP contribution < -0.4 is 5.76 Å². The quantitative estimate of drug-likeness (QED) is 0.691. The van der Waals surface area contributed by atoms with E-state index < -0.39 is 18.3 Å². The van der Waals surface area contributed by atoms with Gasteiger partial charge in [-0.05, 0) is 38.3 Å². The lowest BCUT2D eigenvalue weighted by atomic mass is 10.2. The van der Waals surface area contributed by atoms with Gasteiger partial charge in [-0.25, -0.2) is 4.79 Å². The van der Waals surface area contributed by atoms with E-state index in [0.717, 1.165) is 29.6 Å². The monoisotopic (exact) mass is 371 g/mol. The molecule has 0 spiro atoms. The molecule has 1 aromatic carbocycles. The van der Waals surface area contributed by atoms with Crippen LogP contribution in [0.4, 0.5) is 0 Å². The molecule has 0 fully saturated rings. The predicted molar refractivity (Wildman–Crippen MR) is 96.5 cm³/mol. The molecular weight excluding hydrogens is 350 g/mol. The minimum absolute atomic E-state index is 0.120. The third-order valence-corrected chi connectivity index (χ3v) is 4.24. The molecule has 0 unspecified atom stereocenters. The van der Waals surface area contributed by atoms with Crippen molar-refractivity contribution in [2.45, 2.75) is 32.7 Å². The molecule has 1 aromatic heterocycles. The zero-order valence-electron chi connectivity index (χ0n) is 15.1. The Bertz CT molecular complexity index is 898. The highest BCUT2D eigenvalue weighted by molar-refractivity contribution is 5.82. The van der Waals surface area contributed by atoms with Crippen molar-refractivity contribution < 1.29 is 18.7 Å². The van der Waals surface area contributed by atoms with Gasteiger partial charge in [0.15, 0.2) is 6.61 Å². The van der Waals surface area contributed by atoms with Gasteiger partial charge in [0.05, 0.1) is 0 Å². The van der Waals surface area contributed by atoms with Crippen molar-refractivity contribution in [3.05, 3.63) is 52.7 Å². The van der Waals surface area contributed by atoms with E-state index in [4.69, 9.17) is 9.15 Å². The molecular formula is C19H21N3O5. The van der Waals surface area contributed by atoms with Crippen LogP contribution in [0.3, 0.4) is 0 Å². The predicted octanol–water partition coefficient (Wildman–Crippen LogP) is 1.96. The standard InChI is InChI=1S/C19H21N3O5/c1-2-21(15-10-6-7-11-15)16(23)13-26-17(24)12-22-19(25)27-18(20-22)14-8-4-3-5-9-14/h3-5,8-10H,2,6-7,11-13H2,1H3. The Labute approximate surface area is 156 Å². The first-order valence-corrected chi connectivity index (χ1v) is 8.87. The first kappa shape index (κ1) is 18.6. The molecule has 0 atom stereocenters. The summed E-state index contributed by atoms with van der Waals surface area (Å²) in [5.41, 5.74) is 1.60. The van der Waals surface area contributed by atoms with Gasteiger partial charge in [0.2, 0.25) is 5.89 Å². The van der Waals surface area contributed by atoms with E-state index in [2.05, 4.69) is 5.10 Å². The maximum atomic E-state index is 12.3. The van der Waals surface area contributed by atoms with Gasteiger partial charge in [0.1, 0.15) is 6.54 Å². The van der Waals surface area contributed by atoms with Gasteiger partial charge in [-0.1, -0.05) is 24.3 Å². The summed E-state index contributed by atoms with van der Waals surface area (Å²) in [4.78, 5) is 37.8. The van der Waals surface area contributed by atoms with E-state index in [-0.39, 0.29) is 18.4 Å². The lowest BCUT2D eigenvalue weighted by Crippen LogP contribution is -2.34. The molecule has 1 aliphatic rings. The zero-order chi connectivity index (χ0) is 19.2. The third kappa shape index (κ3) is 4.52. The number of hydrogen-bond acceptors (Lipinski definition) is 6. The molecule has 8 nitrogen and oxygen atoms in total. The Morgan fingerprint density at radius 2 is 2.07 bits per heavy atom. The molecule has 0 saturated carbocycles. The van der Waals surface area contributed by atoms with Gasteiger partial charge in [-0.3, -0.25) is 9.59 Å². The van der Waals surface area contributed by atoms with Crippen LogP contribution in [0.25, 0.3) is 11.5 Å². The van der Waals surface area contributed by atoms with Crippen LogP contribution in [0, 0.1) is 0 Å². The first-order valence-electron chi connectivity index (χ1n) is 8.87. The highest BCUT2D eigenvalue weighted by Gasteiger charge is 2.20.